The molecule has 2 heteroatoms. The number of piperidine rings is 1. The molecule has 0 amide bonds. The topological polar surface area (TPSA) is 15.3 Å². The summed E-state index contributed by atoms with van der Waals surface area (Å²) in [7, 11) is 0. The van der Waals surface area contributed by atoms with Crippen molar-refractivity contribution in [2.24, 2.45) is 11.8 Å². The van der Waals surface area contributed by atoms with Crippen molar-refractivity contribution in [3.63, 3.8) is 0 Å². The number of rotatable bonds is 6. The van der Waals surface area contributed by atoms with E-state index in [4.69, 9.17) is 0 Å². The van der Waals surface area contributed by atoms with Crippen LogP contribution in [0.15, 0.2) is 0 Å². The molecule has 94 valence electrons. The minimum absolute atomic E-state index is 0.872. The van der Waals surface area contributed by atoms with E-state index in [0.717, 1.165) is 17.9 Å². The highest BCUT2D eigenvalue weighted by Crippen LogP contribution is 2.29. The zero-order valence-electron chi connectivity index (χ0n) is 11.0. The molecule has 1 saturated carbocycles. The molecule has 0 spiro atoms. The summed E-state index contributed by atoms with van der Waals surface area (Å²) in [6, 6.07) is 0.941. The fraction of sp³-hybridized carbons (Fsp3) is 1.00. The lowest BCUT2D eigenvalue weighted by Gasteiger charge is -2.31. The number of hydrogen-bond acceptors (Lipinski definition) is 2. The third-order valence-corrected chi connectivity index (χ3v) is 4.20. The zero-order chi connectivity index (χ0) is 11.4. The lowest BCUT2D eigenvalue weighted by atomic mass is 9.98. The summed E-state index contributed by atoms with van der Waals surface area (Å²) in [4.78, 5) is 2.78. The summed E-state index contributed by atoms with van der Waals surface area (Å²) in [6.07, 6.45) is 7.06. The van der Waals surface area contributed by atoms with Crippen LogP contribution in [0.4, 0.5) is 0 Å². The first-order valence-electron chi connectivity index (χ1n) is 7.24. The van der Waals surface area contributed by atoms with Gasteiger partial charge in [0.1, 0.15) is 0 Å². The maximum atomic E-state index is 3.54. The van der Waals surface area contributed by atoms with E-state index < -0.39 is 0 Å². The second kappa shape index (κ2) is 6.02. The van der Waals surface area contributed by atoms with Gasteiger partial charge in [-0.2, -0.15) is 0 Å². The van der Waals surface area contributed by atoms with Crippen LogP contribution < -0.4 is 5.32 Å². The van der Waals surface area contributed by atoms with Gasteiger partial charge in [0, 0.05) is 19.1 Å². The molecule has 2 unspecified atom stereocenters. The predicted molar refractivity (Wildman–Crippen MR) is 69.6 cm³/mol. The second-order valence-electron chi connectivity index (χ2n) is 5.91. The van der Waals surface area contributed by atoms with Gasteiger partial charge in [0.05, 0.1) is 0 Å². The van der Waals surface area contributed by atoms with Crippen LogP contribution in [0, 0.1) is 11.8 Å². The van der Waals surface area contributed by atoms with Crippen molar-refractivity contribution >= 4 is 0 Å². The molecule has 0 radical (unpaired) electrons. The third kappa shape index (κ3) is 3.74. The van der Waals surface area contributed by atoms with Crippen LogP contribution in [0.25, 0.3) is 0 Å². The van der Waals surface area contributed by atoms with Gasteiger partial charge < -0.3 is 5.32 Å². The van der Waals surface area contributed by atoms with Crippen LogP contribution in [0.1, 0.15) is 46.0 Å². The Kier molecular flexibility index (Phi) is 4.66. The Morgan fingerprint density at radius 3 is 2.69 bits per heavy atom. The molecule has 0 aromatic rings. The van der Waals surface area contributed by atoms with Gasteiger partial charge in [-0.3, -0.25) is 4.90 Å². The molecule has 1 aliphatic carbocycles. The molecule has 2 nitrogen and oxygen atoms in total. The zero-order valence-corrected chi connectivity index (χ0v) is 11.0. The molecule has 2 rings (SSSR count). The number of nitrogens with zero attached hydrogens (tertiary/aromatic N) is 1. The van der Waals surface area contributed by atoms with E-state index in [1.807, 2.05) is 0 Å². The Labute approximate surface area is 101 Å². The van der Waals surface area contributed by atoms with Crippen LogP contribution in [-0.2, 0) is 0 Å². The Morgan fingerprint density at radius 1 is 1.31 bits per heavy atom. The maximum absolute atomic E-state index is 3.54. The van der Waals surface area contributed by atoms with Gasteiger partial charge in [-0.1, -0.05) is 20.3 Å². The summed E-state index contributed by atoms with van der Waals surface area (Å²) in [6.45, 7) is 9.89. The molecule has 16 heavy (non-hydrogen) atoms. The van der Waals surface area contributed by atoms with E-state index in [0.29, 0.717) is 0 Å². The summed E-state index contributed by atoms with van der Waals surface area (Å²) in [5.74, 6) is 1.79. The Morgan fingerprint density at radius 2 is 2.12 bits per heavy atom. The van der Waals surface area contributed by atoms with Gasteiger partial charge in [-0.05, 0) is 50.6 Å². The first kappa shape index (κ1) is 12.4. The first-order chi connectivity index (χ1) is 7.79. The van der Waals surface area contributed by atoms with E-state index in [1.165, 1.54) is 58.3 Å². The number of nitrogens with one attached hydrogen (secondary N) is 1. The van der Waals surface area contributed by atoms with E-state index in [2.05, 4.69) is 24.1 Å². The average Bonchev–Trinajstić information content (AvgIpc) is 3.13. The molecule has 1 saturated heterocycles. The molecule has 0 bridgehead atoms. The Hall–Kier alpha value is -0.0800. The minimum atomic E-state index is 0.872. The average molecular weight is 224 g/mol. The van der Waals surface area contributed by atoms with Crippen LogP contribution in [0.5, 0.6) is 0 Å². The minimum Gasteiger partial charge on any atom is -0.316 e. The molecule has 1 N–H and O–H groups in total. The highest BCUT2D eigenvalue weighted by atomic mass is 15.2. The van der Waals surface area contributed by atoms with Crippen molar-refractivity contribution in [2.75, 3.05) is 26.2 Å². The van der Waals surface area contributed by atoms with Crippen LogP contribution >= 0.6 is 0 Å². The normalized spacial score (nSPS) is 28.3. The largest absolute Gasteiger partial charge is 0.316 e. The molecule has 2 atom stereocenters. The summed E-state index contributed by atoms with van der Waals surface area (Å²) in [5.41, 5.74) is 0. The molecular weight excluding hydrogens is 196 g/mol. The highest BCUT2D eigenvalue weighted by molar-refractivity contribution is 4.87. The maximum Gasteiger partial charge on any atom is 0.00966 e. The molecule has 2 aliphatic rings. The molecular formula is C14H28N2. The summed E-state index contributed by atoms with van der Waals surface area (Å²) >= 11 is 0. The predicted octanol–water partition coefficient (Wildman–Crippen LogP) is 2.50. The molecule has 1 aliphatic heterocycles. The van der Waals surface area contributed by atoms with E-state index in [1.54, 1.807) is 0 Å². The fourth-order valence-corrected chi connectivity index (χ4v) is 2.75. The Bertz CT molecular complexity index is 195. The lowest BCUT2D eigenvalue weighted by Crippen LogP contribution is -2.40. The third-order valence-electron chi connectivity index (χ3n) is 4.20. The number of hydrogen-bond donors (Lipinski definition) is 1. The second-order valence-corrected chi connectivity index (χ2v) is 5.91. The van der Waals surface area contributed by atoms with Gasteiger partial charge >= 0.3 is 0 Å². The van der Waals surface area contributed by atoms with Crippen molar-refractivity contribution in [1.82, 2.24) is 10.2 Å². The van der Waals surface area contributed by atoms with E-state index in [9.17, 15) is 0 Å². The van der Waals surface area contributed by atoms with Crippen LogP contribution in [0.2, 0.25) is 0 Å². The highest BCUT2D eigenvalue weighted by Gasteiger charge is 2.31. The van der Waals surface area contributed by atoms with Crippen molar-refractivity contribution < 1.29 is 0 Å². The SMILES string of the molecule is CCC(C)CN(CC1CCCNC1)C1CC1. The molecule has 0 aromatic carbocycles. The molecule has 2 fully saturated rings. The van der Waals surface area contributed by atoms with Gasteiger partial charge in [0.15, 0.2) is 0 Å². The smallest absolute Gasteiger partial charge is 0.00966 e. The van der Waals surface area contributed by atoms with Gasteiger partial charge in [0.25, 0.3) is 0 Å². The van der Waals surface area contributed by atoms with Crippen molar-refractivity contribution in [3.8, 4) is 0 Å². The molecule has 1 heterocycles. The standard InChI is InChI=1S/C14H28N2/c1-3-12(2)10-16(14-6-7-14)11-13-5-4-8-15-9-13/h12-15H,3-11H2,1-2H3. The monoisotopic (exact) mass is 224 g/mol. The van der Waals surface area contributed by atoms with Gasteiger partial charge in [-0.25, -0.2) is 0 Å². The quantitative estimate of drug-likeness (QED) is 0.746. The first-order valence-corrected chi connectivity index (χ1v) is 7.24. The lowest BCUT2D eigenvalue weighted by molar-refractivity contribution is 0.176. The van der Waals surface area contributed by atoms with Crippen molar-refractivity contribution in [2.45, 2.75) is 52.0 Å². The van der Waals surface area contributed by atoms with E-state index in [-0.39, 0.29) is 0 Å². The van der Waals surface area contributed by atoms with Gasteiger partial charge in [-0.15, -0.1) is 0 Å². The van der Waals surface area contributed by atoms with E-state index >= 15 is 0 Å². The summed E-state index contributed by atoms with van der Waals surface area (Å²) < 4.78 is 0. The fourth-order valence-electron chi connectivity index (χ4n) is 2.75. The van der Waals surface area contributed by atoms with Crippen LogP contribution in [0.3, 0.4) is 0 Å². The summed E-state index contributed by atoms with van der Waals surface area (Å²) in [5, 5.41) is 3.54. The molecule has 0 aromatic heterocycles. The van der Waals surface area contributed by atoms with Crippen molar-refractivity contribution in [1.29, 1.82) is 0 Å². The Balaban J connectivity index is 1.77. The van der Waals surface area contributed by atoms with Crippen molar-refractivity contribution in [3.05, 3.63) is 0 Å². The van der Waals surface area contributed by atoms with Crippen LogP contribution in [-0.4, -0.2) is 37.1 Å². The van der Waals surface area contributed by atoms with Gasteiger partial charge in [0.2, 0.25) is 0 Å².